The van der Waals surface area contributed by atoms with E-state index in [1.807, 2.05) is 11.6 Å². The summed E-state index contributed by atoms with van der Waals surface area (Å²) in [6.07, 6.45) is 9.54. The van der Waals surface area contributed by atoms with Gasteiger partial charge in [0.1, 0.15) is 7.05 Å². The summed E-state index contributed by atoms with van der Waals surface area (Å²) >= 11 is 0. The normalized spacial score (nSPS) is 10.5. The molecule has 0 aromatic carbocycles. The van der Waals surface area contributed by atoms with Gasteiger partial charge in [-0.3, -0.25) is 0 Å². The van der Waals surface area contributed by atoms with Gasteiger partial charge in [0.2, 0.25) is 0 Å². The minimum Gasteiger partial charge on any atom is -0.357 e. The number of rotatable bonds is 4. The molecule has 0 aliphatic carbocycles. The van der Waals surface area contributed by atoms with Crippen LogP contribution in [0.15, 0.2) is 49.1 Å². The fourth-order valence-corrected chi connectivity index (χ4v) is 1.79. The fraction of sp³-hybridized carbons (Fsp3) is 0.286. The number of quaternary nitrogens is 1. The minimum atomic E-state index is 0.990. The number of hydrogen-bond acceptors (Lipinski definition) is 0. The molecule has 0 unspecified atom stereocenters. The second-order valence-electron chi connectivity index (χ2n) is 4.28. The molecule has 88 valence electrons. The van der Waals surface area contributed by atoms with E-state index in [-0.39, 0.29) is 0 Å². The summed E-state index contributed by atoms with van der Waals surface area (Å²) in [5, 5.41) is 0. The minimum absolute atomic E-state index is 0.990. The van der Waals surface area contributed by atoms with Crippen molar-refractivity contribution in [2.75, 3.05) is 6.54 Å². The van der Waals surface area contributed by atoms with Crippen LogP contribution in [0.4, 0.5) is 0 Å². The van der Waals surface area contributed by atoms with Gasteiger partial charge in [-0.25, -0.2) is 9.13 Å². The lowest BCUT2D eigenvalue weighted by Gasteiger charge is -1.99. The molecule has 2 rings (SSSR count). The van der Waals surface area contributed by atoms with Crippen LogP contribution in [0.5, 0.6) is 0 Å². The molecular weight excluding hydrogens is 210 g/mol. The maximum Gasteiger partial charge on any atom is 0.169 e. The van der Waals surface area contributed by atoms with Crippen LogP contribution in [0, 0.1) is 0 Å². The molecule has 0 amide bonds. The van der Waals surface area contributed by atoms with Crippen LogP contribution in [-0.2, 0) is 13.6 Å². The zero-order valence-electron chi connectivity index (χ0n) is 10.3. The Hall–Kier alpha value is -1.74. The molecule has 0 spiro atoms. The molecule has 0 bridgehead atoms. The predicted octanol–water partition coefficient (Wildman–Crippen LogP) is 0.0976. The first-order chi connectivity index (χ1) is 8.29. The van der Waals surface area contributed by atoms with Crippen molar-refractivity contribution in [1.29, 1.82) is 0 Å². The number of hydrogen-bond donors (Lipinski definition) is 1. The highest BCUT2D eigenvalue weighted by atomic mass is 14.9. The molecule has 0 radical (unpaired) electrons. The van der Waals surface area contributed by atoms with E-state index in [0.29, 0.717) is 0 Å². The topological polar surface area (TPSA) is 35.4 Å². The van der Waals surface area contributed by atoms with Crippen LogP contribution in [0.3, 0.4) is 0 Å². The zero-order valence-corrected chi connectivity index (χ0v) is 10.3. The van der Waals surface area contributed by atoms with E-state index in [2.05, 4.69) is 59.4 Å². The Labute approximate surface area is 102 Å². The van der Waals surface area contributed by atoms with Crippen molar-refractivity contribution in [3.8, 4) is 11.1 Å². The van der Waals surface area contributed by atoms with Gasteiger partial charge < -0.3 is 5.73 Å². The van der Waals surface area contributed by atoms with Crippen LogP contribution in [0.25, 0.3) is 11.1 Å². The summed E-state index contributed by atoms with van der Waals surface area (Å²) in [6.45, 7) is 2.04. The Morgan fingerprint density at radius 3 is 2.00 bits per heavy atom. The van der Waals surface area contributed by atoms with Crippen molar-refractivity contribution in [1.82, 2.24) is 0 Å². The van der Waals surface area contributed by atoms with Crippen molar-refractivity contribution >= 4 is 0 Å². The lowest BCUT2D eigenvalue weighted by atomic mass is 10.1. The smallest absolute Gasteiger partial charge is 0.169 e. The molecule has 3 N–H and O–H groups in total. The number of aryl methyl sites for hydroxylation is 2. The average Bonchev–Trinajstić information content (AvgIpc) is 2.38. The van der Waals surface area contributed by atoms with Crippen molar-refractivity contribution in [3.63, 3.8) is 0 Å². The zero-order chi connectivity index (χ0) is 12.1. The Morgan fingerprint density at radius 2 is 1.47 bits per heavy atom. The van der Waals surface area contributed by atoms with Crippen LogP contribution in [-0.4, -0.2) is 6.54 Å². The van der Waals surface area contributed by atoms with Gasteiger partial charge in [0, 0.05) is 24.3 Å². The second-order valence-corrected chi connectivity index (χ2v) is 4.28. The van der Waals surface area contributed by atoms with E-state index in [1.165, 1.54) is 11.1 Å². The molecule has 0 saturated carbocycles. The Kier molecular flexibility index (Phi) is 3.83. The van der Waals surface area contributed by atoms with E-state index in [0.717, 1.165) is 19.5 Å². The highest BCUT2D eigenvalue weighted by molar-refractivity contribution is 5.60. The van der Waals surface area contributed by atoms with E-state index in [9.17, 15) is 0 Å². The molecule has 0 aliphatic heterocycles. The molecule has 0 saturated heterocycles. The average molecular weight is 230 g/mol. The quantitative estimate of drug-likeness (QED) is 0.723. The molecule has 0 atom stereocenters. The first kappa shape index (κ1) is 11.7. The maximum atomic E-state index is 3.86. The van der Waals surface area contributed by atoms with Gasteiger partial charge in [0.05, 0.1) is 13.0 Å². The Morgan fingerprint density at radius 1 is 0.941 bits per heavy atom. The number of nitrogens with zero attached hydrogens (tertiary/aromatic N) is 2. The van der Waals surface area contributed by atoms with Crippen molar-refractivity contribution in [2.24, 2.45) is 7.05 Å². The summed E-state index contributed by atoms with van der Waals surface area (Å²) in [5.41, 5.74) is 6.38. The summed E-state index contributed by atoms with van der Waals surface area (Å²) < 4.78 is 4.25. The van der Waals surface area contributed by atoms with Gasteiger partial charge in [-0.2, -0.15) is 0 Å². The molecule has 0 fully saturated rings. The van der Waals surface area contributed by atoms with E-state index in [4.69, 9.17) is 0 Å². The highest BCUT2D eigenvalue weighted by Gasteiger charge is 2.03. The third kappa shape index (κ3) is 3.11. The van der Waals surface area contributed by atoms with Crippen LogP contribution in [0.2, 0.25) is 0 Å². The van der Waals surface area contributed by atoms with Gasteiger partial charge in [-0.05, 0) is 11.1 Å². The first-order valence-corrected chi connectivity index (χ1v) is 6.03. The predicted molar refractivity (Wildman–Crippen MR) is 65.6 cm³/mol. The highest BCUT2D eigenvalue weighted by Crippen LogP contribution is 2.15. The second kappa shape index (κ2) is 5.55. The van der Waals surface area contributed by atoms with Crippen molar-refractivity contribution in [3.05, 3.63) is 49.1 Å². The maximum absolute atomic E-state index is 3.86. The lowest BCUT2D eigenvalue weighted by molar-refractivity contribution is -0.699. The Balaban J connectivity index is 2.14. The fourth-order valence-electron chi connectivity index (χ4n) is 1.79. The van der Waals surface area contributed by atoms with Gasteiger partial charge >= 0.3 is 0 Å². The SMILES string of the molecule is C[n+]1ccc(-c2cc[n+](CCC[NH3+])cc2)cc1. The van der Waals surface area contributed by atoms with Gasteiger partial charge in [-0.1, -0.05) is 0 Å². The van der Waals surface area contributed by atoms with Gasteiger partial charge in [0.25, 0.3) is 0 Å². The molecule has 0 aliphatic rings. The molecule has 3 heteroatoms. The van der Waals surface area contributed by atoms with E-state index < -0.39 is 0 Å². The van der Waals surface area contributed by atoms with Gasteiger partial charge in [0.15, 0.2) is 31.3 Å². The largest absolute Gasteiger partial charge is 0.357 e. The molecular formula is C14H20N3+3. The summed E-state index contributed by atoms with van der Waals surface area (Å²) in [7, 11) is 2.03. The van der Waals surface area contributed by atoms with E-state index >= 15 is 0 Å². The molecule has 3 nitrogen and oxygen atoms in total. The van der Waals surface area contributed by atoms with Crippen LogP contribution in [0.1, 0.15) is 6.42 Å². The lowest BCUT2D eigenvalue weighted by Crippen LogP contribution is -2.51. The summed E-state index contributed by atoms with van der Waals surface area (Å²) in [5.74, 6) is 0. The Bertz CT molecular complexity index is 460. The van der Waals surface area contributed by atoms with Crippen LogP contribution < -0.4 is 14.9 Å². The third-order valence-electron chi connectivity index (χ3n) is 2.87. The molecule has 2 heterocycles. The van der Waals surface area contributed by atoms with Gasteiger partial charge in [-0.15, -0.1) is 0 Å². The standard InChI is InChI=1S/C14H19N3/c1-16-9-3-13(4-10-16)14-5-11-17(12-6-14)8-2-7-15/h3-6,9-12H,2,7-8,15H2,1H3/q+2/p+1. The van der Waals surface area contributed by atoms with Crippen molar-refractivity contribution in [2.45, 2.75) is 13.0 Å². The van der Waals surface area contributed by atoms with Crippen molar-refractivity contribution < 1.29 is 14.9 Å². The monoisotopic (exact) mass is 230 g/mol. The third-order valence-corrected chi connectivity index (χ3v) is 2.87. The summed E-state index contributed by atoms with van der Waals surface area (Å²) in [4.78, 5) is 0. The molecule has 2 aromatic heterocycles. The van der Waals surface area contributed by atoms with Crippen LogP contribution >= 0.6 is 0 Å². The van der Waals surface area contributed by atoms with E-state index in [1.54, 1.807) is 0 Å². The molecule has 17 heavy (non-hydrogen) atoms. The first-order valence-electron chi connectivity index (χ1n) is 6.03. The number of aromatic nitrogens is 2. The number of pyridine rings is 2. The summed E-state index contributed by atoms with van der Waals surface area (Å²) in [6, 6.07) is 8.60. The molecule has 2 aromatic rings.